The highest BCUT2D eigenvalue weighted by atomic mass is 16.5. The molecule has 0 aliphatic heterocycles. The Balaban J connectivity index is 2.03. The average Bonchev–Trinajstić information content (AvgIpc) is 2.57. The number of amides is 2. The number of Topliss-reactive ketones (excluding diaryl/α,β-unsaturated/α-hetero) is 1. The third kappa shape index (κ3) is 5.56. The zero-order valence-corrected chi connectivity index (χ0v) is 14.6. The number of nitrogens with zero attached hydrogens (tertiary/aromatic N) is 2. The smallest absolute Gasteiger partial charge is 0.319 e. The number of hydrogen-bond donors (Lipinski definition) is 2. The van der Waals surface area contributed by atoms with Gasteiger partial charge in [0.1, 0.15) is 5.75 Å². The molecule has 0 saturated heterocycles. The molecule has 1 atom stereocenters. The van der Waals surface area contributed by atoms with Crippen molar-refractivity contribution in [3.63, 3.8) is 0 Å². The van der Waals surface area contributed by atoms with Crippen LogP contribution in [0.3, 0.4) is 0 Å². The van der Waals surface area contributed by atoms with Crippen LogP contribution >= 0.6 is 0 Å². The second kappa shape index (κ2) is 8.77. The van der Waals surface area contributed by atoms with Crippen LogP contribution in [0, 0.1) is 0 Å². The van der Waals surface area contributed by atoms with Crippen LogP contribution in [0.25, 0.3) is 0 Å². The van der Waals surface area contributed by atoms with Crippen LogP contribution in [0.1, 0.15) is 36.8 Å². The minimum atomic E-state index is -0.377. The first kappa shape index (κ1) is 18.4. The Morgan fingerprint density at radius 1 is 1.28 bits per heavy atom. The maximum atomic E-state index is 12.3. The Labute approximate surface area is 146 Å². The van der Waals surface area contributed by atoms with Crippen LogP contribution in [0.4, 0.5) is 10.5 Å². The van der Waals surface area contributed by atoms with Crippen molar-refractivity contribution < 1.29 is 14.3 Å². The van der Waals surface area contributed by atoms with Crippen LogP contribution < -0.4 is 15.4 Å². The van der Waals surface area contributed by atoms with Gasteiger partial charge in [0.2, 0.25) is 0 Å². The second-order valence-electron chi connectivity index (χ2n) is 5.60. The van der Waals surface area contributed by atoms with Gasteiger partial charge >= 0.3 is 6.03 Å². The molecule has 0 radical (unpaired) electrons. The number of carbonyl (C=O) groups excluding carboxylic acids is 2. The summed E-state index contributed by atoms with van der Waals surface area (Å²) < 4.78 is 5.50. The fraction of sp³-hybridized carbons (Fsp3) is 0.333. The van der Waals surface area contributed by atoms with E-state index in [1.807, 2.05) is 13.8 Å². The third-order valence-corrected chi connectivity index (χ3v) is 3.44. The Hall–Kier alpha value is -2.96. The van der Waals surface area contributed by atoms with Gasteiger partial charge in [-0.05, 0) is 39.0 Å². The van der Waals surface area contributed by atoms with Crippen molar-refractivity contribution in [2.24, 2.45) is 0 Å². The molecule has 0 saturated carbocycles. The molecule has 2 aromatic rings. The number of anilines is 1. The van der Waals surface area contributed by atoms with Gasteiger partial charge in [0.15, 0.2) is 5.78 Å². The molecule has 2 N–H and O–H groups in total. The van der Waals surface area contributed by atoms with E-state index >= 15 is 0 Å². The number of nitrogens with one attached hydrogen (secondary N) is 2. The van der Waals surface area contributed by atoms with Crippen LogP contribution in [-0.4, -0.2) is 34.4 Å². The van der Waals surface area contributed by atoms with E-state index in [4.69, 9.17) is 4.74 Å². The number of hydrogen-bond acceptors (Lipinski definition) is 5. The van der Waals surface area contributed by atoms with Crippen LogP contribution in [-0.2, 0) is 6.42 Å². The largest absolute Gasteiger partial charge is 0.492 e. The number of urea groups is 1. The highest BCUT2D eigenvalue weighted by Gasteiger charge is 2.13. The molecule has 2 amide bonds. The van der Waals surface area contributed by atoms with Gasteiger partial charge in [-0.1, -0.05) is 0 Å². The molecule has 0 spiro atoms. The molecule has 2 rings (SSSR count). The molecule has 7 heteroatoms. The standard InChI is InChI=1S/C18H22N4O3/c1-4-25-17-6-5-14(13(3)23)10-16(17)22-18(24)21-12(2)9-15-11-19-7-8-20-15/h5-8,10-12H,4,9H2,1-3H3,(H2,21,22,24)/t12-/m1/s1. The summed E-state index contributed by atoms with van der Waals surface area (Å²) in [7, 11) is 0. The fourth-order valence-electron chi connectivity index (χ4n) is 2.31. The summed E-state index contributed by atoms with van der Waals surface area (Å²) in [5, 5.41) is 5.58. The number of rotatable bonds is 7. The zero-order chi connectivity index (χ0) is 18.2. The molecule has 0 fully saturated rings. The molecular formula is C18H22N4O3. The van der Waals surface area contributed by atoms with Gasteiger partial charge in [-0.3, -0.25) is 14.8 Å². The molecule has 0 unspecified atom stereocenters. The van der Waals surface area contributed by atoms with Crippen molar-refractivity contribution in [2.75, 3.05) is 11.9 Å². The lowest BCUT2D eigenvalue weighted by atomic mass is 10.1. The first-order chi connectivity index (χ1) is 12.0. The van der Waals surface area contributed by atoms with Gasteiger partial charge in [0.05, 0.1) is 18.0 Å². The molecule has 25 heavy (non-hydrogen) atoms. The summed E-state index contributed by atoms with van der Waals surface area (Å²) in [5.74, 6) is 0.437. The Morgan fingerprint density at radius 3 is 2.72 bits per heavy atom. The molecule has 0 bridgehead atoms. The topological polar surface area (TPSA) is 93.2 Å². The van der Waals surface area contributed by atoms with Gasteiger partial charge in [-0.2, -0.15) is 0 Å². The van der Waals surface area contributed by atoms with Crippen molar-refractivity contribution >= 4 is 17.5 Å². The van der Waals surface area contributed by atoms with Gasteiger partial charge in [-0.15, -0.1) is 0 Å². The highest BCUT2D eigenvalue weighted by Crippen LogP contribution is 2.26. The minimum absolute atomic E-state index is 0.0810. The van der Waals surface area contributed by atoms with Gasteiger partial charge in [-0.25, -0.2) is 4.79 Å². The predicted molar refractivity (Wildman–Crippen MR) is 95.0 cm³/mol. The molecule has 1 heterocycles. The normalized spacial score (nSPS) is 11.5. The Morgan fingerprint density at radius 2 is 2.08 bits per heavy atom. The molecule has 132 valence electrons. The van der Waals surface area contributed by atoms with Crippen molar-refractivity contribution in [3.05, 3.63) is 48.0 Å². The molecular weight excluding hydrogens is 320 g/mol. The highest BCUT2D eigenvalue weighted by molar-refractivity contribution is 5.98. The number of benzene rings is 1. The van der Waals surface area contributed by atoms with Crippen molar-refractivity contribution in [1.29, 1.82) is 0 Å². The molecule has 1 aromatic carbocycles. The summed E-state index contributed by atoms with van der Waals surface area (Å²) in [6.07, 6.45) is 5.45. The lowest BCUT2D eigenvalue weighted by Crippen LogP contribution is -2.37. The van der Waals surface area contributed by atoms with E-state index in [2.05, 4.69) is 20.6 Å². The predicted octanol–water partition coefficient (Wildman–Crippen LogP) is 2.83. The summed E-state index contributed by atoms with van der Waals surface area (Å²) in [5.41, 5.74) is 1.76. The van der Waals surface area contributed by atoms with E-state index in [1.54, 1.807) is 36.8 Å². The number of ketones is 1. The minimum Gasteiger partial charge on any atom is -0.492 e. The first-order valence-corrected chi connectivity index (χ1v) is 8.09. The van der Waals surface area contributed by atoms with Crippen molar-refractivity contribution in [1.82, 2.24) is 15.3 Å². The third-order valence-electron chi connectivity index (χ3n) is 3.44. The van der Waals surface area contributed by atoms with Gasteiger partial charge in [0, 0.05) is 36.6 Å². The zero-order valence-electron chi connectivity index (χ0n) is 14.6. The lowest BCUT2D eigenvalue weighted by molar-refractivity contribution is 0.101. The summed E-state index contributed by atoms with van der Waals surface area (Å²) in [4.78, 5) is 32.0. The average molecular weight is 342 g/mol. The number of aromatic nitrogens is 2. The lowest BCUT2D eigenvalue weighted by Gasteiger charge is -2.16. The van der Waals surface area contributed by atoms with E-state index in [1.165, 1.54) is 6.92 Å². The van der Waals surface area contributed by atoms with E-state index < -0.39 is 0 Å². The number of carbonyl (C=O) groups is 2. The fourth-order valence-corrected chi connectivity index (χ4v) is 2.31. The maximum absolute atomic E-state index is 12.3. The number of ether oxygens (including phenoxy) is 1. The summed E-state index contributed by atoms with van der Waals surface area (Å²) in [6, 6.07) is 4.45. The summed E-state index contributed by atoms with van der Waals surface area (Å²) in [6.45, 7) is 5.66. The van der Waals surface area contributed by atoms with Crippen LogP contribution in [0.15, 0.2) is 36.8 Å². The van der Waals surface area contributed by atoms with Crippen molar-refractivity contribution in [2.45, 2.75) is 33.2 Å². The van der Waals surface area contributed by atoms with E-state index in [0.717, 1.165) is 5.69 Å². The summed E-state index contributed by atoms with van der Waals surface area (Å²) >= 11 is 0. The quantitative estimate of drug-likeness (QED) is 0.755. The van der Waals surface area contributed by atoms with Crippen LogP contribution in [0.2, 0.25) is 0 Å². The monoisotopic (exact) mass is 342 g/mol. The van der Waals surface area contributed by atoms with E-state index in [0.29, 0.717) is 30.0 Å². The Kier molecular flexibility index (Phi) is 6.45. The van der Waals surface area contributed by atoms with Crippen molar-refractivity contribution in [3.8, 4) is 5.75 Å². The molecule has 0 aliphatic carbocycles. The molecule has 0 aliphatic rings. The first-order valence-electron chi connectivity index (χ1n) is 8.09. The van der Waals surface area contributed by atoms with E-state index in [-0.39, 0.29) is 17.9 Å². The second-order valence-corrected chi connectivity index (χ2v) is 5.60. The van der Waals surface area contributed by atoms with Crippen LogP contribution in [0.5, 0.6) is 5.75 Å². The molecule has 1 aromatic heterocycles. The maximum Gasteiger partial charge on any atom is 0.319 e. The van der Waals surface area contributed by atoms with Gasteiger partial charge < -0.3 is 15.4 Å². The SMILES string of the molecule is CCOc1ccc(C(C)=O)cc1NC(=O)N[C@H](C)Cc1cnccn1. The van der Waals surface area contributed by atoms with Gasteiger partial charge in [0.25, 0.3) is 0 Å². The molecule has 7 nitrogen and oxygen atoms in total. The van der Waals surface area contributed by atoms with E-state index in [9.17, 15) is 9.59 Å². The Bertz CT molecular complexity index is 734.